The van der Waals surface area contributed by atoms with Crippen LogP contribution in [0.1, 0.15) is 40.9 Å². The zero-order chi connectivity index (χ0) is 15.5. The minimum absolute atomic E-state index is 0.261. The number of halogens is 3. The molecule has 1 aromatic heterocycles. The number of rotatable bonds is 5. The van der Waals surface area contributed by atoms with Crippen LogP contribution in [-0.4, -0.2) is 4.98 Å². The summed E-state index contributed by atoms with van der Waals surface area (Å²) in [5.41, 5.74) is -0.323. The van der Waals surface area contributed by atoms with E-state index in [1.165, 1.54) is 17.0 Å². The van der Waals surface area contributed by atoms with Crippen LogP contribution >= 0.6 is 11.3 Å². The molecule has 0 radical (unpaired) electrons. The van der Waals surface area contributed by atoms with Crippen molar-refractivity contribution in [3.63, 3.8) is 0 Å². The van der Waals surface area contributed by atoms with Crippen LogP contribution < -0.4 is 5.32 Å². The van der Waals surface area contributed by atoms with E-state index in [1.54, 1.807) is 24.3 Å². The third kappa shape index (κ3) is 4.04. The topological polar surface area (TPSA) is 24.9 Å². The van der Waals surface area contributed by atoms with Crippen LogP contribution in [0.15, 0.2) is 30.5 Å². The third-order valence-electron chi connectivity index (χ3n) is 3.24. The first-order valence-corrected chi connectivity index (χ1v) is 7.56. The summed E-state index contributed by atoms with van der Waals surface area (Å²) < 4.78 is 38.9. The Morgan fingerprint density at radius 3 is 2.62 bits per heavy atom. The van der Waals surface area contributed by atoms with Gasteiger partial charge in [0.2, 0.25) is 0 Å². The van der Waals surface area contributed by atoms with Crippen LogP contribution in [0.5, 0.6) is 0 Å². The molecule has 1 heterocycles. The van der Waals surface area contributed by atoms with Crippen molar-refractivity contribution in [2.75, 3.05) is 0 Å². The predicted octanol–water partition coefficient (Wildman–Crippen LogP) is 4.58. The fraction of sp³-hybridized carbons (Fsp3) is 0.400. The molecule has 0 saturated carbocycles. The zero-order valence-corrected chi connectivity index (χ0v) is 12.7. The number of hydrogen-bond acceptors (Lipinski definition) is 3. The van der Waals surface area contributed by atoms with Crippen molar-refractivity contribution in [2.45, 2.75) is 39.0 Å². The molecule has 1 N–H and O–H groups in total. The maximum Gasteiger partial charge on any atom is 0.416 e. The summed E-state index contributed by atoms with van der Waals surface area (Å²) in [7, 11) is 0. The van der Waals surface area contributed by atoms with Gasteiger partial charge in [0.15, 0.2) is 0 Å². The molecule has 0 aliphatic carbocycles. The summed E-state index contributed by atoms with van der Waals surface area (Å²) in [6, 6.07) is 5.28. The number of hydrogen-bond donors (Lipinski definition) is 1. The van der Waals surface area contributed by atoms with E-state index >= 15 is 0 Å². The fourth-order valence-corrected chi connectivity index (χ4v) is 2.89. The van der Waals surface area contributed by atoms with Crippen molar-refractivity contribution >= 4 is 11.3 Å². The molecule has 0 fully saturated rings. The second-order valence-electron chi connectivity index (χ2n) is 4.76. The van der Waals surface area contributed by atoms with Gasteiger partial charge in [-0.05, 0) is 25.0 Å². The van der Waals surface area contributed by atoms with Crippen LogP contribution in [-0.2, 0) is 19.1 Å². The van der Waals surface area contributed by atoms with E-state index in [9.17, 15) is 13.2 Å². The van der Waals surface area contributed by atoms with Gasteiger partial charge in [0.05, 0.1) is 5.56 Å². The van der Waals surface area contributed by atoms with E-state index in [0.717, 1.165) is 17.5 Å². The van der Waals surface area contributed by atoms with E-state index < -0.39 is 17.8 Å². The van der Waals surface area contributed by atoms with Gasteiger partial charge in [0, 0.05) is 23.7 Å². The van der Waals surface area contributed by atoms with Gasteiger partial charge in [0.1, 0.15) is 5.01 Å². The van der Waals surface area contributed by atoms with Crippen LogP contribution in [0.25, 0.3) is 0 Å². The van der Waals surface area contributed by atoms with E-state index in [0.29, 0.717) is 6.54 Å². The molecule has 0 aliphatic rings. The summed E-state index contributed by atoms with van der Waals surface area (Å²) in [6.45, 7) is 4.25. The summed E-state index contributed by atoms with van der Waals surface area (Å²) in [4.78, 5) is 5.43. The van der Waals surface area contributed by atoms with Crippen LogP contribution in [0.4, 0.5) is 13.2 Å². The average Bonchev–Trinajstić information content (AvgIpc) is 2.92. The lowest BCUT2D eigenvalue weighted by Gasteiger charge is -2.19. The molecular weight excluding hydrogens is 297 g/mol. The highest BCUT2D eigenvalue weighted by molar-refractivity contribution is 7.11. The van der Waals surface area contributed by atoms with Crippen LogP contribution in [0, 0.1) is 0 Å². The maximum absolute atomic E-state index is 13.0. The van der Waals surface area contributed by atoms with Gasteiger partial charge in [-0.1, -0.05) is 25.1 Å². The van der Waals surface area contributed by atoms with Gasteiger partial charge in [-0.2, -0.15) is 13.2 Å². The number of nitrogens with zero attached hydrogens (tertiary/aromatic N) is 1. The second kappa shape index (κ2) is 6.58. The van der Waals surface area contributed by atoms with Gasteiger partial charge >= 0.3 is 6.18 Å². The highest BCUT2D eigenvalue weighted by Crippen LogP contribution is 2.34. The van der Waals surface area contributed by atoms with Gasteiger partial charge in [0.25, 0.3) is 0 Å². The standard InChI is InChI=1S/C15H17F3N2S/c1-3-11-8-20-14(21-11)9-19-10(2)12-6-4-5-7-13(12)15(16,17)18/h4-8,10,19H,3,9H2,1-2H3. The maximum atomic E-state index is 13.0. The Hall–Kier alpha value is -1.40. The Kier molecular flexibility index (Phi) is 5.00. The first-order valence-electron chi connectivity index (χ1n) is 6.75. The van der Waals surface area contributed by atoms with Gasteiger partial charge in [-0.25, -0.2) is 4.98 Å². The van der Waals surface area contributed by atoms with Gasteiger partial charge in [-0.3, -0.25) is 0 Å². The highest BCUT2D eigenvalue weighted by atomic mass is 32.1. The molecule has 2 rings (SSSR count). The molecule has 0 bridgehead atoms. The highest BCUT2D eigenvalue weighted by Gasteiger charge is 2.34. The normalized spacial score (nSPS) is 13.4. The Morgan fingerprint density at radius 2 is 2.00 bits per heavy atom. The van der Waals surface area contributed by atoms with Crippen molar-refractivity contribution in [1.29, 1.82) is 0 Å². The number of alkyl halides is 3. The molecule has 0 spiro atoms. The molecule has 2 nitrogen and oxygen atoms in total. The van der Waals surface area contributed by atoms with Gasteiger partial charge < -0.3 is 5.32 Å². The molecule has 0 aliphatic heterocycles. The lowest BCUT2D eigenvalue weighted by atomic mass is 10.0. The lowest BCUT2D eigenvalue weighted by molar-refractivity contribution is -0.138. The van der Waals surface area contributed by atoms with E-state index in [4.69, 9.17) is 0 Å². The number of aryl methyl sites for hydroxylation is 1. The molecule has 2 aromatic rings. The Bertz CT molecular complexity index is 593. The number of benzene rings is 1. The van der Waals surface area contributed by atoms with E-state index in [1.807, 2.05) is 13.1 Å². The number of aromatic nitrogens is 1. The Morgan fingerprint density at radius 1 is 1.29 bits per heavy atom. The molecule has 1 atom stereocenters. The van der Waals surface area contributed by atoms with Crippen molar-refractivity contribution in [3.8, 4) is 0 Å². The smallest absolute Gasteiger partial charge is 0.304 e. The number of thiazole rings is 1. The summed E-state index contributed by atoms with van der Waals surface area (Å²) in [5.74, 6) is 0. The third-order valence-corrected chi connectivity index (χ3v) is 4.38. The monoisotopic (exact) mass is 314 g/mol. The minimum Gasteiger partial charge on any atom is -0.304 e. The zero-order valence-electron chi connectivity index (χ0n) is 11.9. The quantitative estimate of drug-likeness (QED) is 0.874. The lowest BCUT2D eigenvalue weighted by Crippen LogP contribution is -2.21. The average molecular weight is 314 g/mol. The number of nitrogens with one attached hydrogen (secondary N) is 1. The fourth-order valence-electron chi connectivity index (χ4n) is 2.08. The summed E-state index contributed by atoms with van der Waals surface area (Å²) >= 11 is 1.58. The first-order chi connectivity index (χ1) is 9.91. The van der Waals surface area contributed by atoms with Crippen molar-refractivity contribution in [2.24, 2.45) is 0 Å². The van der Waals surface area contributed by atoms with E-state index in [2.05, 4.69) is 10.3 Å². The summed E-state index contributed by atoms with van der Waals surface area (Å²) in [5, 5.41) is 4.00. The Balaban J connectivity index is 2.08. The Labute approximate surface area is 126 Å². The van der Waals surface area contributed by atoms with Crippen molar-refractivity contribution in [1.82, 2.24) is 10.3 Å². The molecule has 21 heavy (non-hydrogen) atoms. The second-order valence-corrected chi connectivity index (χ2v) is 5.96. The molecule has 6 heteroatoms. The van der Waals surface area contributed by atoms with Crippen molar-refractivity contribution < 1.29 is 13.2 Å². The molecule has 114 valence electrons. The SMILES string of the molecule is CCc1cnc(CNC(C)c2ccccc2C(F)(F)F)s1. The molecule has 0 amide bonds. The predicted molar refractivity (Wildman–Crippen MR) is 78.2 cm³/mol. The van der Waals surface area contributed by atoms with Crippen molar-refractivity contribution in [3.05, 3.63) is 51.5 Å². The largest absolute Gasteiger partial charge is 0.416 e. The van der Waals surface area contributed by atoms with Gasteiger partial charge in [-0.15, -0.1) is 11.3 Å². The van der Waals surface area contributed by atoms with Crippen LogP contribution in [0.2, 0.25) is 0 Å². The molecule has 0 saturated heterocycles. The molecule has 1 aromatic carbocycles. The summed E-state index contributed by atoms with van der Waals surface area (Å²) in [6.07, 6.45) is -1.59. The van der Waals surface area contributed by atoms with Crippen LogP contribution in [0.3, 0.4) is 0 Å². The minimum atomic E-state index is -4.33. The molecule has 1 unspecified atom stereocenters. The first kappa shape index (κ1) is 16.0. The molecular formula is C15H17F3N2S. The van der Waals surface area contributed by atoms with E-state index in [-0.39, 0.29) is 5.56 Å².